The van der Waals surface area contributed by atoms with E-state index in [0.717, 1.165) is 6.07 Å². The zero-order chi connectivity index (χ0) is 11.4. The number of aryl methyl sites for hydroxylation is 1. The molecule has 1 rings (SSSR count). The largest absolute Gasteiger partial charge is 0.491 e. The monoisotopic (exact) mass is 214 g/mol. The van der Waals surface area contributed by atoms with Crippen molar-refractivity contribution < 1.29 is 23.9 Å². The molecule has 4 nitrogen and oxygen atoms in total. The van der Waals surface area contributed by atoms with Gasteiger partial charge in [-0.3, -0.25) is 0 Å². The third kappa shape index (κ3) is 2.92. The van der Waals surface area contributed by atoms with Crippen LogP contribution in [0.5, 0.6) is 5.75 Å². The van der Waals surface area contributed by atoms with Gasteiger partial charge in [0.1, 0.15) is 11.6 Å². The summed E-state index contributed by atoms with van der Waals surface area (Å²) in [5.41, 5.74) is 0.439. The van der Waals surface area contributed by atoms with Gasteiger partial charge in [0, 0.05) is 18.6 Å². The van der Waals surface area contributed by atoms with E-state index < -0.39 is 12.9 Å². The van der Waals surface area contributed by atoms with Crippen LogP contribution in [-0.4, -0.2) is 31.1 Å². The third-order valence-electron chi connectivity index (χ3n) is 1.90. The normalized spacial score (nSPS) is 10.2. The molecule has 0 fully saturated rings. The molecule has 0 atom stereocenters. The van der Waals surface area contributed by atoms with Gasteiger partial charge in [0.15, 0.2) is 6.79 Å². The molecule has 15 heavy (non-hydrogen) atoms. The van der Waals surface area contributed by atoms with Gasteiger partial charge < -0.3 is 19.5 Å². The fourth-order valence-electron chi connectivity index (χ4n) is 1.16. The number of benzene rings is 1. The summed E-state index contributed by atoms with van der Waals surface area (Å²) in [4.78, 5) is 0. The van der Waals surface area contributed by atoms with E-state index in [1.807, 2.05) is 0 Å². The summed E-state index contributed by atoms with van der Waals surface area (Å²) in [6, 6.07) is 2.42. The quantitative estimate of drug-likeness (QED) is 0.538. The SMILES string of the molecule is COCOc1cc(F)c(B(O)O)cc1C. The summed E-state index contributed by atoms with van der Waals surface area (Å²) in [5, 5.41) is 17.7. The van der Waals surface area contributed by atoms with Crippen molar-refractivity contribution in [2.24, 2.45) is 0 Å². The molecule has 1 aromatic rings. The maximum atomic E-state index is 13.3. The Kier molecular flexibility index (Phi) is 4.08. The second-order valence-electron chi connectivity index (χ2n) is 3.06. The van der Waals surface area contributed by atoms with Crippen LogP contribution in [0.1, 0.15) is 5.56 Å². The molecule has 0 radical (unpaired) electrons. The van der Waals surface area contributed by atoms with Crippen LogP contribution in [0.25, 0.3) is 0 Å². The van der Waals surface area contributed by atoms with Crippen LogP contribution in [0.15, 0.2) is 12.1 Å². The number of hydrogen-bond acceptors (Lipinski definition) is 4. The molecule has 0 aliphatic heterocycles. The Morgan fingerprint density at radius 1 is 1.40 bits per heavy atom. The fraction of sp³-hybridized carbons (Fsp3) is 0.333. The minimum Gasteiger partial charge on any atom is -0.467 e. The number of rotatable bonds is 4. The van der Waals surface area contributed by atoms with E-state index in [1.165, 1.54) is 13.2 Å². The highest BCUT2D eigenvalue weighted by Crippen LogP contribution is 2.17. The number of hydrogen-bond donors (Lipinski definition) is 2. The highest BCUT2D eigenvalue weighted by molar-refractivity contribution is 6.58. The zero-order valence-corrected chi connectivity index (χ0v) is 8.53. The maximum Gasteiger partial charge on any atom is 0.491 e. The van der Waals surface area contributed by atoms with Crippen molar-refractivity contribution in [2.45, 2.75) is 6.92 Å². The van der Waals surface area contributed by atoms with E-state index >= 15 is 0 Å². The average Bonchev–Trinajstić information content (AvgIpc) is 2.18. The Morgan fingerprint density at radius 3 is 2.60 bits per heavy atom. The lowest BCUT2D eigenvalue weighted by atomic mass is 9.79. The Bertz CT molecular complexity index is 343. The summed E-state index contributed by atoms with van der Waals surface area (Å²) in [7, 11) is -0.363. The average molecular weight is 214 g/mol. The fourth-order valence-corrected chi connectivity index (χ4v) is 1.16. The highest BCUT2D eigenvalue weighted by atomic mass is 19.1. The Morgan fingerprint density at radius 2 is 2.07 bits per heavy atom. The molecular weight excluding hydrogens is 202 g/mol. The van der Waals surface area contributed by atoms with Crippen molar-refractivity contribution in [3.8, 4) is 5.75 Å². The van der Waals surface area contributed by atoms with Gasteiger partial charge in [-0.2, -0.15) is 0 Å². The lowest BCUT2D eigenvalue weighted by molar-refractivity contribution is 0.0504. The summed E-state index contributed by atoms with van der Waals surface area (Å²) in [6.45, 7) is 1.69. The molecule has 1 aromatic carbocycles. The van der Waals surface area contributed by atoms with Crippen LogP contribution >= 0.6 is 0 Å². The van der Waals surface area contributed by atoms with E-state index in [2.05, 4.69) is 4.74 Å². The Labute approximate surface area is 87.4 Å². The number of halogens is 1. The smallest absolute Gasteiger partial charge is 0.467 e. The molecule has 6 heteroatoms. The molecule has 0 saturated carbocycles. The van der Waals surface area contributed by atoms with E-state index in [1.54, 1.807) is 6.92 Å². The summed E-state index contributed by atoms with van der Waals surface area (Å²) in [5.74, 6) is -0.402. The van der Waals surface area contributed by atoms with Crippen LogP contribution in [0.2, 0.25) is 0 Å². The first kappa shape index (κ1) is 12.0. The summed E-state index contributed by atoms with van der Waals surface area (Å²) < 4.78 is 23.0. The first-order valence-electron chi connectivity index (χ1n) is 4.34. The van der Waals surface area contributed by atoms with Gasteiger partial charge in [0.2, 0.25) is 0 Å². The molecule has 0 heterocycles. The van der Waals surface area contributed by atoms with E-state index in [-0.39, 0.29) is 12.3 Å². The lowest BCUT2D eigenvalue weighted by Crippen LogP contribution is -2.33. The van der Waals surface area contributed by atoms with Gasteiger partial charge >= 0.3 is 7.12 Å². The minimum absolute atomic E-state index is 0.0152. The second kappa shape index (κ2) is 5.11. The first-order chi connectivity index (χ1) is 7.06. The van der Waals surface area contributed by atoms with Gasteiger partial charge in [-0.1, -0.05) is 6.07 Å². The topological polar surface area (TPSA) is 58.9 Å². The Hall–Kier alpha value is -1.11. The molecule has 0 amide bonds. The summed E-state index contributed by atoms with van der Waals surface area (Å²) in [6.07, 6.45) is 0. The Balaban J connectivity index is 2.97. The first-order valence-corrected chi connectivity index (χ1v) is 4.34. The molecule has 0 unspecified atom stereocenters. The predicted molar refractivity (Wildman–Crippen MR) is 53.5 cm³/mol. The highest BCUT2D eigenvalue weighted by Gasteiger charge is 2.18. The number of methoxy groups -OCH3 is 1. The van der Waals surface area contributed by atoms with Crippen molar-refractivity contribution in [2.75, 3.05) is 13.9 Å². The van der Waals surface area contributed by atoms with Gasteiger partial charge in [-0.25, -0.2) is 4.39 Å². The molecular formula is C9H12BFO4. The molecule has 0 spiro atoms. The van der Waals surface area contributed by atoms with Crippen LogP contribution in [0.4, 0.5) is 4.39 Å². The van der Waals surface area contributed by atoms with Gasteiger partial charge in [0.05, 0.1) is 0 Å². The molecule has 0 aromatic heterocycles. The van der Waals surface area contributed by atoms with Crippen molar-refractivity contribution in [3.05, 3.63) is 23.5 Å². The molecule has 82 valence electrons. The van der Waals surface area contributed by atoms with Gasteiger partial charge in [-0.15, -0.1) is 0 Å². The third-order valence-corrected chi connectivity index (χ3v) is 1.90. The molecule has 2 N–H and O–H groups in total. The van der Waals surface area contributed by atoms with Gasteiger partial charge in [-0.05, 0) is 12.5 Å². The molecule has 0 bridgehead atoms. The molecule has 0 aliphatic rings. The number of ether oxygens (including phenoxy) is 2. The van der Waals surface area contributed by atoms with Crippen molar-refractivity contribution in [1.29, 1.82) is 0 Å². The van der Waals surface area contributed by atoms with Crippen molar-refractivity contribution in [1.82, 2.24) is 0 Å². The van der Waals surface area contributed by atoms with Gasteiger partial charge in [0.25, 0.3) is 0 Å². The van der Waals surface area contributed by atoms with Crippen LogP contribution in [-0.2, 0) is 4.74 Å². The van der Waals surface area contributed by atoms with E-state index in [9.17, 15) is 4.39 Å². The van der Waals surface area contributed by atoms with Crippen LogP contribution < -0.4 is 10.2 Å². The van der Waals surface area contributed by atoms with Crippen LogP contribution in [0.3, 0.4) is 0 Å². The maximum absolute atomic E-state index is 13.3. The lowest BCUT2D eigenvalue weighted by Gasteiger charge is -2.10. The molecule has 0 saturated heterocycles. The zero-order valence-electron chi connectivity index (χ0n) is 8.53. The standard InChI is InChI=1S/C9H12BFO4/c1-6-3-7(10(12)13)8(11)4-9(6)15-5-14-2/h3-4,12-13H,5H2,1-2H3. The van der Waals surface area contributed by atoms with Crippen LogP contribution in [0, 0.1) is 12.7 Å². The predicted octanol–water partition coefficient (Wildman–Crippen LogP) is -0.203. The van der Waals surface area contributed by atoms with E-state index in [4.69, 9.17) is 14.8 Å². The van der Waals surface area contributed by atoms with E-state index in [0.29, 0.717) is 11.3 Å². The second-order valence-corrected chi connectivity index (χ2v) is 3.06. The summed E-state index contributed by atoms with van der Waals surface area (Å²) >= 11 is 0. The molecule has 0 aliphatic carbocycles. The van der Waals surface area contributed by atoms with Crippen molar-refractivity contribution in [3.63, 3.8) is 0 Å². The van der Waals surface area contributed by atoms with Crippen molar-refractivity contribution >= 4 is 12.6 Å². The minimum atomic E-state index is -1.82.